The molecule has 0 fully saturated rings. The second-order valence-corrected chi connectivity index (χ2v) is 4.71. The van der Waals surface area contributed by atoms with Crippen LogP contribution in [0.3, 0.4) is 0 Å². The summed E-state index contributed by atoms with van der Waals surface area (Å²) >= 11 is 0. The Labute approximate surface area is 122 Å². The number of H-pyrrole nitrogens is 1. The first-order valence-electron chi connectivity index (χ1n) is 6.76. The monoisotopic (exact) mass is 277 g/mol. The van der Waals surface area contributed by atoms with Crippen LogP contribution in [0.15, 0.2) is 65.8 Å². The summed E-state index contributed by atoms with van der Waals surface area (Å²) in [5.41, 5.74) is 5.13. The SMILES string of the molecule is O=C(N/N=C/Cc1ccccc1)c1cc2ccccc2[nH]1. The van der Waals surface area contributed by atoms with Crippen molar-refractivity contribution >= 4 is 23.0 Å². The van der Waals surface area contributed by atoms with E-state index in [1.165, 1.54) is 0 Å². The fraction of sp³-hybridized carbons (Fsp3) is 0.0588. The lowest BCUT2D eigenvalue weighted by Gasteiger charge is -1.97. The van der Waals surface area contributed by atoms with E-state index in [4.69, 9.17) is 0 Å². The van der Waals surface area contributed by atoms with Gasteiger partial charge in [0, 0.05) is 23.5 Å². The van der Waals surface area contributed by atoms with Gasteiger partial charge in [0.2, 0.25) is 0 Å². The first-order valence-corrected chi connectivity index (χ1v) is 6.76. The van der Waals surface area contributed by atoms with Crippen molar-refractivity contribution in [3.8, 4) is 0 Å². The zero-order valence-corrected chi connectivity index (χ0v) is 11.4. The van der Waals surface area contributed by atoms with E-state index < -0.39 is 0 Å². The molecule has 1 heterocycles. The van der Waals surface area contributed by atoms with Gasteiger partial charge in [-0.2, -0.15) is 5.10 Å². The summed E-state index contributed by atoms with van der Waals surface area (Å²) in [4.78, 5) is 15.0. The molecule has 0 aliphatic rings. The molecule has 1 aromatic heterocycles. The topological polar surface area (TPSA) is 57.2 Å². The second kappa shape index (κ2) is 6.05. The summed E-state index contributed by atoms with van der Waals surface area (Å²) in [5, 5.41) is 4.98. The zero-order valence-electron chi connectivity index (χ0n) is 11.4. The highest BCUT2D eigenvalue weighted by atomic mass is 16.2. The molecule has 0 saturated carbocycles. The van der Waals surface area contributed by atoms with Crippen LogP contribution in [0.1, 0.15) is 16.1 Å². The number of hydrazone groups is 1. The number of benzene rings is 2. The zero-order chi connectivity index (χ0) is 14.5. The quantitative estimate of drug-likeness (QED) is 0.558. The predicted octanol–water partition coefficient (Wildman–Crippen LogP) is 3.13. The van der Waals surface area contributed by atoms with Crippen LogP contribution in [0.2, 0.25) is 0 Å². The molecule has 0 aliphatic heterocycles. The van der Waals surface area contributed by atoms with Gasteiger partial charge in [-0.1, -0.05) is 48.5 Å². The number of amides is 1. The Morgan fingerprint density at radius 2 is 1.86 bits per heavy atom. The molecule has 1 amide bonds. The standard InChI is InChI=1S/C17H15N3O/c21-17(16-12-14-8-4-5-9-15(14)19-16)20-18-11-10-13-6-2-1-3-7-13/h1-9,11-12,19H,10H2,(H,20,21)/b18-11+. The van der Waals surface area contributed by atoms with Crippen LogP contribution in [0.4, 0.5) is 0 Å². The molecular formula is C17H15N3O. The molecule has 4 heteroatoms. The van der Waals surface area contributed by atoms with Gasteiger partial charge in [-0.15, -0.1) is 0 Å². The summed E-state index contributed by atoms with van der Waals surface area (Å²) < 4.78 is 0. The minimum atomic E-state index is -0.240. The van der Waals surface area contributed by atoms with E-state index in [-0.39, 0.29) is 5.91 Å². The Balaban J connectivity index is 1.61. The first kappa shape index (κ1) is 13.1. The highest BCUT2D eigenvalue weighted by molar-refractivity contribution is 5.98. The maximum Gasteiger partial charge on any atom is 0.287 e. The number of rotatable bonds is 4. The normalized spacial score (nSPS) is 11.0. The van der Waals surface area contributed by atoms with Gasteiger partial charge in [0.1, 0.15) is 5.69 Å². The molecule has 0 unspecified atom stereocenters. The van der Waals surface area contributed by atoms with E-state index >= 15 is 0 Å². The number of fused-ring (bicyclic) bond motifs is 1. The van der Waals surface area contributed by atoms with Crippen molar-refractivity contribution in [2.45, 2.75) is 6.42 Å². The fourth-order valence-corrected chi connectivity index (χ4v) is 2.13. The Morgan fingerprint density at radius 1 is 1.10 bits per heavy atom. The van der Waals surface area contributed by atoms with Crippen LogP contribution in [0, 0.1) is 0 Å². The maximum absolute atomic E-state index is 12.0. The van der Waals surface area contributed by atoms with Crippen molar-refractivity contribution in [1.29, 1.82) is 0 Å². The van der Waals surface area contributed by atoms with E-state index in [1.807, 2.05) is 60.7 Å². The minimum absolute atomic E-state index is 0.240. The van der Waals surface area contributed by atoms with Crippen LogP contribution in [-0.2, 0) is 6.42 Å². The molecule has 3 rings (SSSR count). The molecule has 0 radical (unpaired) electrons. The summed E-state index contributed by atoms with van der Waals surface area (Å²) in [5.74, 6) is -0.240. The number of nitrogens with zero attached hydrogens (tertiary/aromatic N) is 1. The predicted molar refractivity (Wildman–Crippen MR) is 84.4 cm³/mol. The largest absolute Gasteiger partial charge is 0.350 e. The molecule has 0 aliphatic carbocycles. The number of carbonyl (C=O) groups excluding carboxylic acids is 1. The lowest BCUT2D eigenvalue weighted by atomic mass is 10.2. The molecule has 0 bridgehead atoms. The smallest absolute Gasteiger partial charge is 0.287 e. The summed E-state index contributed by atoms with van der Waals surface area (Å²) in [6.45, 7) is 0. The highest BCUT2D eigenvalue weighted by Gasteiger charge is 2.07. The Hall–Kier alpha value is -2.88. The summed E-state index contributed by atoms with van der Waals surface area (Å²) in [6.07, 6.45) is 2.38. The Morgan fingerprint density at radius 3 is 2.67 bits per heavy atom. The number of hydrogen-bond donors (Lipinski definition) is 2. The van der Waals surface area contributed by atoms with Gasteiger partial charge in [-0.25, -0.2) is 5.43 Å². The van der Waals surface area contributed by atoms with Crippen LogP contribution in [0.5, 0.6) is 0 Å². The lowest BCUT2D eigenvalue weighted by Crippen LogP contribution is -2.17. The van der Waals surface area contributed by atoms with Crippen molar-refractivity contribution in [2.24, 2.45) is 5.10 Å². The van der Waals surface area contributed by atoms with Gasteiger partial charge in [-0.05, 0) is 17.7 Å². The van der Waals surface area contributed by atoms with Gasteiger partial charge in [0.25, 0.3) is 5.91 Å². The van der Waals surface area contributed by atoms with Gasteiger partial charge in [0.15, 0.2) is 0 Å². The number of nitrogens with one attached hydrogen (secondary N) is 2. The molecule has 2 N–H and O–H groups in total. The van der Waals surface area contributed by atoms with Crippen LogP contribution < -0.4 is 5.43 Å². The molecule has 0 saturated heterocycles. The van der Waals surface area contributed by atoms with Crippen molar-refractivity contribution in [1.82, 2.24) is 10.4 Å². The van der Waals surface area contributed by atoms with E-state index in [2.05, 4.69) is 15.5 Å². The molecule has 0 atom stereocenters. The van der Waals surface area contributed by atoms with Crippen LogP contribution >= 0.6 is 0 Å². The number of aromatic nitrogens is 1. The van der Waals surface area contributed by atoms with Crippen LogP contribution in [-0.4, -0.2) is 17.1 Å². The molecule has 21 heavy (non-hydrogen) atoms. The average Bonchev–Trinajstić information content (AvgIpc) is 2.96. The number of para-hydroxylation sites is 1. The van der Waals surface area contributed by atoms with Crippen molar-refractivity contribution < 1.29 is 4.79 Å². The van der Waals surface area contributed by atoms with Crippen LogP contribution in [0.25, 0.3) is 10.9 Å². The molecule has 104 valence electrons. The van der Waals surface area contributed by atoms with Gasteiger partial charge < -0.3 is 4.98 Å². The molecule has 0 spiro atoms. The number of aromatic amines is 1. The number of hydrogen-bond acceptors (Lipinski definition) is 2. The van der Waals surface area contributed by atoms with Gasteiger partial charge in [-0.3, -0.25) is 4.79 Å². The Kier molecular flexibility index (Phi) is 3.78. The van der Waals surface area contributed by atoms with Crippen molar-refractivity contribution in [2.75, 3.05) is 0 Å². The average molecular weight is 277 g/mol. The number of carbonyl (C=O) groups is 1. The molecule has 3 aromatic rings. The fourth-order valence-electron chi connectivity index (χ4n) is 2.13. The van der Waals surface area contributed by atoms with E-state index in [0.29, 0.717) is 12.1 Å². The summed E-state index contributed by atoms with van der Waals surface area (Å²) in [7, 11) is 0. The summed E-state index contributed by atoms with van der Waals surface area (Å²) in [6, 6.07) is 19.5. The third-order valence-electron chi connectivity index (χ3n) is 3.20. The van der Waals surface area contributed by atoms with Gasteiger partial charge >= 0.3 is 0 Å². The Bertz CT molecular complexity index is 742. The molecule has 4 nitrogen and oxygen atoms in total. The van der Waals surface area contributed by atoms with E-state index in [9.17, 15) is 4.79 Å². The third-order valence-corrected chi connectivity index (χ3v) is 3.20. The van der Waals surface area contributed by atoms with Crippen molar-refractivity contribution in [3.05, 3.63) is 71.9 Å². The van der Waals surface area contributed by atoms with Gasteiger partial charge in [0.05, 0.1) is 0 Å². The molecule has 2 aromatic carbocycles. The minimum Gasteiger partial charge on any atom is -0.350 e. The van der Waals surface area contributed by atoms with E-state index in [1.54, 1.807) is 6.21 Å². The third kappa shape index (κ3) is 3.17. The first-order chi connectivity index (χ1) is 10.3. The highest BCUT2D eigenvalue weighted by Crippen LogP contribution is 2.14. The van der Waals surface area contributed by atoms with E-state index in [0.717, 1.165) is 16.5 Å². The maximum atomic E-state index is 12.0. The second-order valence-electron chi connectivity index (χ2n) is 4.71. The molecular weight excluding hydrogens is 262 g/mol. The van der Waals surface area contributed by atoms with Crippen molar-refractivity contribution in [3.63, 3.8) is 0 Å². The lowest BCUT2D eigenvalue weighted by molar-refractivity contribution is 0.0951.